The van der Waals surface area contributed by atoms with E-state index in [1.165, 1.54) is 25.7 Å². The molecule has 1 aromatic heterocycles. The van der Waals surface area contributed by atoms with Gasteiger partial charge in [0.2, 0.25) is 0 Å². The van der Waals surface area contributed by atoms with E-state index in [0.717, 1.165) is 30.0 Å². The lowest BCUT2D eigenvalue weighted by molar-refractivity contribution is 0.281. The summed E-state index contributed by atoms with van der Waals surface area (Å²) < 4.78 is 0. The van der Waals surface area contributed by atoms with Crippen molar-refractivity contribution >= 4 is 5.82 Å². The van der Waals surface area contributed by atoms with Crippen molar-refractivity contribution in [3.63, 3.8) is 0 Å². The average molecular weight is 248 g/mol. The molecule has 18 heavy (non-hydrogen) atoms. The standard InChI is InChI=1S/C15H24N2O/c1-3-5-8-17(14-6-7-14)15-10-12(11-18)9-13(4-2)16-15/h9-10,14,18H,3-8,11H2,1-2H3. The van der Waals surface area contributed by atoms with Crippen LogP contribution in [-0.4, -0.2) is 22.7 Å². The highest BCUT2D eigenvalue weighted by Crippen LogP contribution is 2.31. The molecule has 0 atom stereocenters. The van der Waals surface area contributed by atoms with Gasteiger partial charge >= 0.3 is 0 Å². The molecule has 3 nitrogen and oxygen atoms in total. The van der Waals surface area contributed by atoms with Gasteiger partial charge in [0.15, 0.2) is 0 Å². The minimum atomic E-state index is 0.106. The van der Waals surface area contributed by atoms with Crippen LogP contribution in [-0.2, 0) is 13.0 Å². The number of aromatic nitrogens is 1. The monoisotopic (exact) mass is 248 g/mol. The van der Waals surface area contributed by atoms with Crippen LogP contribution >= 0.6 is 0 Å². The number of rotatable bonds is 7. The average Bonchev–Trinajstić information content (AvgIpc) is 3.23. The summed E-state index contributed by atoms with van der Waals surface area (Å²) in [7, 11) is 0. The molecule has 1 N–H and O–H groups in total. The van der Waals surface area contributed by atoms with Crippen LogP contribution in [0.4, 0.5) is 5.82 Å². The van der Waals surface area contributed by atoms with E-state index >= 15 is 0 Å². The third-order valence-electron chi connectivity index (χ3n) is 3.50. The van der Waals surface area contributed by atoms with Gasteiger partial charge in [-0.15, -0.1) is 0 Å². The first kappa shape index (κ1) is 13.3. The second-order valence-corrected chi connectivity index (χ2v) is 5.11. The number of hydrogen-bond acceptors (Lipinski definition) is 3. The zero-order valence-corrected chi connectivity index (χ0v) is 11.5. The number of aryl methyl sites for hydroxylation is 1. The van der Waals surface area contributed by atoms with Crippen LogP contribution in [0, 0.1) is 0 Å². The largest absolute Gasteiger partial charge is 0.392 e. The van der Waals surface area contributed by atoms with Crippen molar-refractivity contribution in [2.75, 3.05) is 11.4 Å². The van der Waals surface area contributed by atoms with E-state index in [9.17, 15) is 5.11 Å². The molecule has 1 aromatic rings. The maximum atomic E-state index is 9.35. The van der Waals surface area contributed by atoms with Crippen LogP contribution in [0.25, 0.3) is 0 Å². The molecule has 2 rings (SSSR count). The van der Waals surface area contributed by atoms with E-state index in [1.807, 2.05) is 12.1 Å². The quantitative estimate of drug-likeness (QED) is 0.806. The zero-order valence-electron chi connectivity index (χ0n) is 11.5. The van der Waals surface area contributed by atoms with Crippen LogP contribution in [0.2, 0.25) is 0 Å². The van der Waals surface area contributed by atoms with E-state index in [-0.39, 0.29) is 6.61 Å². The van der Waals surface area contributed by atoms with E-state index in [0.29, 0.717) is 6.04 Å². The first-order chi connectivity index (χ1) is 8.78. The van der Waals surface area contributed by atoms with Crippen LogP contribution in [0.5, 0.6) is 0 Å². The van der Waals surface area contributed by atoms with Gasteiger partial charge < -0.3 is 10.0 Å². The van der Waals surface area contributed by atoms with E-state index in [4.69, 9.17) is 4.98 Å². The van der Waals surface area contributed by atoms with Gasteiger partial charge in [-0.1, -0.05) is 20.3 Å². The summed E-state index contributed by atoms with van der Waals surface area (Å²) in [5, 5.41) is 9.35. The summed E-state index contributed by atoms with van der Waals surface area (Å²) in [4.78, 5) is 7.16. The summed E-state index contributed by atoms with van der Waals surface area (Å²) in [6, 6.07) is 4.74. The number of hydrogen-bond donors (Lipinski definition) is 1. The maximum absolute atomic E-state index is 9.35. The van der Waals surface area contributed by atoms with Crippen molar-refractivity contribution < 1.29 is 5.11 Å². The molecule has 0 amide bonds. The molecule has 3 heteroatoms. The number of nitrogens with zero attached hydrogens (tertiary/aromatic N) is 2. The van der Waals surface area contributed by atoms with Crippen molar-refractivity contribution in [2.45, 2.75) is 58.6 Å². The third-order valence-corrected chi connectivity index (χ3v) is 3.50. The summed E-state index contributed by atoms with van der Waals surface area (Å²) in [5.74, 6) is 1.06. The molecule has 0 aromatic carbocycles. The molecule has 0 aliphatic heterocycles. The lowest BCUT2D eigenvalue weighted by Gasteiger charge is -2.24. The Kier molecular flexibility index (Phi) is 4.59. The third kappa shape index (κ3) is 3.22. The Balaban J connectivity index is 2.22. The second-order valence-electron chi connectivity index (χ2n) is 5.11. The van der Waals surface area contributed by atoms with Crippen molar-refractivity contribution in [3.05, 3.63) is 23.4 Å². The molecule has 0 unspecified atom stereocenters. The highest BCUT2D eigenvalue weighted by Gasteiger charge is 2.29. The Hall–Kier alpha value is -1.09. The number of aliphatic hydroxyl groups excluding tert-OH is 1. The highest BCUT2D eigenvalue weighted by molar-refractivity contribution is 5.45. The van der Waals surface area contributed by atoms with Crippen LogP contribution in [0.1, 0.15) is 50.8 Å². The fraction of sp³-hybridized carbons (Fsp3) is 0.667. The molecule has 1 saturated carbocycles. The fourth-order valence-corrected chi connectivity index (χ4v) is 2.25. The summed E-state index contributed by atoms with van der Waals surface area (Å²) in [6.07, 6.45) is 5.92. The van der Waals surface area contributed by atoms with Gasteiger partial charge in [-0.25, -0.2) is 4.98 Å². The zero-order chi connectivity index (χ0) is 13.0. The number of aliphatic hydroxyl groups is 1. The molecule has 1 fully saturated rings. The predicted molar refractivity (Wildman–Crippen MR) is 74.8 cm³/mol. The Morgan fingerprint density at radius 1 is 1.33 bits per heavy atom. The van der Waals surface area contributed by atoms with Gasteiger partial charge in [-0.3, -0.25) is 0 Å². The normalized spacial score (nSPS) is 14.8. The lowest BCUT2D eigenvalue weighted by Crippen LogP contribution is -2.28. The van der Waals surface area contributed by atoms with Crippen molar-refractivity contribution in [1.82, 2.24) is 4.98 Å². The number of anilines is 1. The molecule has 100 valence electrons. The predicted octanol–water partition coefficient (Wildman–Crippen LogP) is 2.91. The van der Waals surface area contributed by atoms with E-state index in [1.54, 1.807) is 0 Å². The fourth-order valence-electron chi connectivity index (χ4n) is 2.25. The van der Waals surface area contributed by atoms with Gasteiger partial charge in [-0.05, 0) is 43.4 Å². The topological polar surface area (TPSA) is 36.4 Å². The van der Waals surface area contributed by atoms with Gasteiger partial charge in [-0.2, -0.15) is 0 Å². The second kappa shape index (κ2) is 6.19. The van der Waals surface area contributed by atoms with Crippen molar-refractivity contribution in [3.8, 4) is 0 Å². The number of pyridine rings is 1. The molecule has 0 spiro atoms. The maximum Gasteiger partial charge on any atom is 0.129 e. The molecule has 1 aliphatic rings. The van der Waals surface area contributed by atoms with Crippen LogP contribution in [0.15, 0.2) is 12.1 Å². The molecular formula is C15H24N2O. The summed E-state index contributed by atoms with van der Waals surface area (Å²) >= 11 is 0. The minimum Gasteiger partial charge on any atom is -0.392 e. The molecule has 1 heterocycles. The Bertz CT molecular complexity index is 366. The van der Waals surface area contributed by atoms with Crippen molar-refractivity contribution in [1.29, 1.82) is 0 Å². The van der Waals surface area contributed by atoms with Gasteiger partial charge in [0, 0.05) is 18.3 Å². The van der Waals surface area contributed by atoms with Crippen LogP contribution < -0.4 is 4.90 Å². The van der Waals surface area contributed by atoms with E-state index in [2.05, 4.69) is 18.7 Å². The first-order valence-electron chi connectivity index (χ1n) is 7.15. The smallest absolute Gasteiger partial charge is 0.129 e. The first-order valence-corrected chi connectivity index (χ1v) is 7.15. The van der Waals surface area contributed by atoms with Gasteiger partial charge in [0.05, 0.1) is 6.61 Å². The highest BCUT2D eigenvalue weighted by atomic mass is 16.3. The Morgan fingerprint density at radius 2 is 2.11 bits per heavy atom. The van der Waals surface area contributed by atoms with Gasteiger partial charge in [0.1, 0.15) is 5.82 Å². The Labute approximate surface area is 110 Å². The molecule has 0 saturated heterocycles. The molecule has 0 bridgehead atoms. The molecule has 0 radical (unpaired) electrons. The van der Waals surface area contributed by atoms with Crippen molar-refractivity contribution in [2.24, 2.45) is 0 Å². The minimum absolute atomic E-state index is 0.106. The molecule has 1 aliphatic carbocycles. The van der Waals surface area contributed by atoms with E-state index < -0.39 is 0 Å². The summed E-state index contributed by atoms with van der Waals surface area (Å²) in [6.45, 7) is 5.53. The number of unbranched alkanes of at least 4 members (excludes halogenated alkanes) is 1. The van der Waals surface area contributed by atoms with Gasteiger partial charge in [0.25, 0.3) is 0 Å². The lowest BCUT2D eigenvalue weighted by atomic mass is 10.2. The molecular weight excluding hydrogens is 224 g/mol. The summed E-state index contributed by atoms with van der Waals surface area (Å²) in [5.41, 5.74) is 2.07. The SMILES string of the molecule is CCCCN(c1cc(CO)cc(CC)n1)C1CC1. The van der Waals surface area contributed by atoms with Crippen LogP contribution in [0.3, 0.4) is 0 Å². The Morgan fingerprint density at radius 3 is 2.67 bits per heavy atom.